The predicted molar refractivity (Wildman–Crippen MR) is 64.6 cm³/mol. The maximum absolute atomic E-state index is 11.4. The second-order valence-corrected chi connectivity index (χ2v) is 5.56. The fourth-order valence-corrected chi connectivity index (χ4v) is 1.89. The number of hydrogen-bond donors (Lipinski definition) is 2. The molecule has 16 heavy (non-hydrogen) atoms. The van der Waals surface area contributed by atoms with Crippen LogP contribution in [0.5, 0.6) is 0 Å². The van der Waals surface area contributed by atoms with Crippen LogP contribution in [0.1, 0.15) is 31.3 Å². The molecular weight excluding hydrogens is 226 g/mol. The number of hydrogen-bond acceptors (Lipinski definition) is 5. The van der Waals surface area contributed by atoms with Gasteiger partial charge in [0.1, 0.15) is 5.60 Å². The third-order valence-corrected chi connectivity index (χ3v) is 2.62. The second-order valence-electron chi connectivity index (χ2n) is 4.35. The lowest BCUT2D eigenvalue weighted by Crippen LogP contribution is -2.27. The van der Waals surface area contributed by atoms with Crippen molar-refractivity contribution in [2.45, 2.75) is 39.8 Å². The predicted octanol–water partition coefficient (Wildman–Crippen LogP) is 2.26. The Morgan fingerprint density at radius 1 is 1.56 bits per heavy atom. The average molecular weight is 243 g/mol. The number of nitrogens with two attached hydrogens (primary N) is 1. The molecule has 1 aromatic rings. The van der Waals surface area contributed by atoms with E-state index in [-0.39, 0.29) is 0 Å². The minimum Gasteiger partial charge on any atom is -0.444 e. The van der Waals surface area contributed by atoms with Crippen LogP contribution in [-0.2, 0) is 11.3 Å². The van der Waals surface area contributed by atoms with Crippen molar-refractivity contribution < 1.29 is 9.53 Å². The van der Waals surface area contributed by atoms with Crippen LogP contribution in [0.15, 0.2) is 0 Å². The molecule has 0 fully saturated rings. The molecule has 0 atom stereocenters. The minimum absolute atomic E-state index is 0.373. The highest BCUT2D eigenvalue weighted by Crippen LogP contribution is 2.22. The molecule has 90 valence electrons. The summed E-state index contributed by atoms with van der Waals surface area (Å²) in [5.74, 6) is 0. The Morgan fingerprint density at radius 2 is 2.19 bits per heavy atom. The van der Waals surface area contributed by atoms with Crippen molar-refractivity contribution >= 4 is 22.6 Å². The van der Waals surface area contributed by atoms with Crippen molar-refractivity contribution in [1.29, 1.82) is 0 Å². The molecule has 1 heterocycles. The van der Waals surface area contributed by atoms with Crippen LogP contribution in [0.4, 0.5) is 9.93 Å². The van der Waals surface area contributed by atoms with Crippen LogP contribution in [0.25, 0.3) is 0 Å². The lowest BCUT2D eigenvalue weighted by Gasteiger charge is -2.18. The third kappa shape index (κ3) is 3.79. The summed E-state index contributed by atoms with van der Waals surface area (Å²) in [6, 6.07) is 0. The van der Waals surface area contributed by atoms with Crippen LogP contribution in [0, 0.1) is 6.92 Å². The summed E-state index contributed by atoms with van der Waals surface area (Å²) in [7, 11) is 0. The summed E-state index contributed by atoms with van der Waals surface area (Å²) >= 11 is 1.39. The molecule has 0 aliphatic rings. The Labute approximate surface area is 99.0 Å². The molecule has 0 aliphatic carbocycles. The topological polar surface area (TPSA) is 77.2 Å². The van der Waals surface area contributed by atoms with Crippen LogP contribution in [0.3, 0.4) is 0 Å². The molecule has 3 N–H and O–H groups in total. The molecule has 0 bridgehead atoms. The highest BCUT2D eigenvalue weighted by atomic mass is 32.1. The van der Waals surface area contributed by atoms with E-state index in [9.17, 15) is 4.79 Å². The van der Waals surface area contributed by atoms with Gasteiger partial charge in [0.15, 0.2) is 5.13 Å². The van der Waals surface area contributed by atoms with E-state index < -0.39 is 11.7 Å². The molecule has 6 heteroatoms. The zero-order chi connectivity index (χ0) is 12.3. The summed E-state index contributed by atoms with van der Waals surface area (Å²) in [5, 5.41) is 3.11. The van der Waals surface area contributed by atoms with E-state index in [2.05, 4.69) is 10.3 Å². The van der Waals surface area contributed by atoms with Crippen LogP contribution in [0.2, 0.25) is 0 Å². The Morgan fingerprint density at radius 3 is 2.62 bits per heavy atom. The van der Waals surface area contributed by atoms with Crippen molar-refractivity contribution in [2.75, 3.05) is 5.32 Å². The number of carbonyl (C=O) groups excluding carboxylic acids is 1. The lowest BCUT2D eigenvalue weighted by molar-refractivity contribution is 0.0636. The minimum atomic E-state index is -0.507. The Kier molecular flexibility index (Phi) is 3.88. The fraction of sp³-hybridized carbons (Fsp3) is 0.600. The average Bonchev–Trinajstić information content (AvgIpc) is 2.42. The molecule has 0 saturated heterocycles. The van der Waals surface area contributed by atoms with Gasteiger partial charge < -0.3 is 10.5 Å². The SMILES string of the molecule is Cc1sc(NC(=O)OC(C)(C)C)nc1CN. The number of carbonyl (C=O) groups is 1. The van der Waals surface area contributed by atoms with Gasteiger partial charge in [0.05, 0.1) is 5.69 Å². The number of aromatic nitrogens is 1. The van der Waals surface area contributed by atoms with Gasteiger partial charge in [-0.15, -0.1) is 11.3 Å². The molecule has 5 nitrogen and oxygen atoms in total. The van der Waals surface area contributed by atoms with Crippen LogP contribution in [-0.4, -0.2) is 16.7 Å². The number of thiazole rings is 1. The zero-order valence-corrected chi connectivity index (χ0v) is 10.8. The Hall–Kier alpha value is -1.14. The number of aryl methyl sites for hydroxylation is 1. The molecule has 0 radical (unpaired) electrons. The highest BCUT2D eigenvalue weighted by Gasteiger charge is 2.17. The second kappa shape index (κ2) is 4.80. The summed E-state index contributed by atoms with van der Waals surface area (Å²) < 4.78 is 5.11. The van der Waals surface area contributed by atoms with Gasteiger partial charge >= 0.3 is 6.09 Å². The van der Waals surface area contributed by atoms with Crippen molar-refractivity contribution in [2.24, 2.45) is 5.73 Å². The molecule has 1 rings (SSSR count). The van der Waals surface area contributed by atoms with Gasteiger partial charge in [0.2, 0.25) is 0 Å². The van der Waals surface area contributed by atoms with Crippen molar-refractivity contribution in [3.05, 3.63) is 10.6 Å². The first kappa shape index (κ1) is 12.9. The Balaban J connectivity index is 2.63. The number of nitrogens with zero attached hydrogens (tertiary/aromatic N) is 1. The first-order chi connectivity index (χ1) is 7.31. The van der Waals surface area contributed by atoms with Gasteiger partial charge in [0.25, 0.3) is 0 Å². The van der Waals surface area contributed by atoms with Crippen molar-refractivity contribution in [3.8, 4) is 0 Å². The number of ether oxygens (including phenoxy) is 1. The molecule has 0 aromatic carbocycles. The van der Waals surface area contributed by atoms with Crippen molar-refractivity contribution in [1.82, 2.24) is 4.98 Å². The summed E-state index contributed by atoms with van der Waals surface area (Å²) in [6.45, 7) is 7.72. The molecule has 0 saturated carbocycles. The summed E-state index contributed by atoms with van der Waals surface area (Å²) in [5.41, 5.74) is 5.79. The van der Waals surface area contributed by atoms with Crippen LogP contribution >= 0.6 is 11.3 Å². The van der Waals surface area contributed by atoms with E-state index in [4.69, 9.17) is 10.5 Å². The number of anilines is 1. The molecule has 0 aliphatic heterocycles. The van der Waals surface area contributed by atoms with Gasteiger partial charge in [0, 0.05) is 11.4 Å². The number of nitrogens with one attached hydrogen (secondary N) is 1. The lowest BCUT2D eigenvalue weighted by atomic mass is 10.2. The van der Waals surface area contributed by atoms with Gasteiger partial charge in [-0.1, -0.05) is 0 Å². The van der Waals surface area contributed by atoms with E-state index >= 15 is 0 Å². The monoisotopic (exact) mass is 243 g/mol. The molecule has 0 spiro atoms. The number of amides is 1. The first-order valence-corrected chi connectivity index (χ1v) is 5.80. The standard InChI is InChI=1S/C10H17N3O2S/c1-6-7(5-11)12-8(16-6)13-9(14)15-10(2,3)4/h5,11H2,1-4H3,(H,12,13,14). The van der Waals surface area contributed by atoms with E-state index in [1.165, 1.54) is 11.3 Å². The van der Waals surface area contributed by atoms with Crippen molar-refractivity contribution in [3.63, 3.8) is 0 Å². The van der Waals surface area contributed by atoms with E-state index in [0.717, 1.165) is 10.6 Å². The summed E-state index contributed by atoms with van der Waals surface area (Å²) in [4.78, 5) is 16.6. The van der Waals surface area contributed by atoms with E-state index in [0.29, 0.717) is 11.7 Å². The largest absolute Gasteiger partial charge is 0.444 e. The fourth-order valence-electron chi connectivity index (χ4n) is 1.06. The third-order valence-electron chi connectivity index (χ3n) is 1.69. The quantitative estimate of drug-likeness (QED) is 0.835. The zero-order valence-electron chi connectivity index (χ0n) is 9.96. The van der Waals surface area contributed by atoms with E-state index in [1.54, 1.807) is 0 Å². The first-order valence-electron chi connectivity index (χ1n) is 4.98. The summed E-state index contributed by atoms with van der Waals surface area (Å²) in [6.07, 6.45) is -0.496. The van der Waals surface area contributed by atoms with Gasteiger partial charge in [-0.2, -0.15) is 0 Å². The normalized spacial score (nSPS) is 11.3. The maximum Gasteiger partial charge on any atom is 0.413 e. The van der Waals surface area contributed by atoms with E-state index in [1.807, 2.05) is 27.7 Å². The van der Waals surface area contributed by atoms with Crippen LogP contribution < -0.4 is 11.1 Å². The van der Waals surface area contributed by atoms with Gasteiger partial charge in [-0.3, -0.25) is 5.32 Å². The maximum atomic E-state index is 11.4. The Bertz CT molecular complexity index is 382. The van der Waals surface area contributed by atoms with Gasteiger partial charge in [-0.25, -0.2) is 9.78 Å². The molecular formula is C10H17N3O2S. The molecule has 1 amide bonds. The highest BCUT2D eigenvalue weighted by molar-refractivity contribution is 7.15. The molecule has 1 aromatic heterocycles. The molecule has 0 unspecified atom stereocenters. The van der Waals surface area contributed by atoms with Gasteiger partial charge in [-0.05, 0) is 27.7 Å². The number of rotatable bonds is 2. The smallest absolute Gasteiger partial charge is 0.413 e.